The van der Waals surface area contributed by atoms with Gasteiger partial charge in [-0.1, -0.05) is 6.08 Å². The predicted molar refractivity (Wildman–Crippen MR) is 51.7 cm³/mol. The fraction of sp³-hybridized carbons (Fsp3) is 0.727. The van der Waals surface area contributed by atoms with Gasteiger partial charge in [0.15, 0.2) is 0 Å². The molecule has 1 saturated heterocycles. The van der Waals surface area contributed by atoms with E-state index in [1.165, 1.54) is 5.70 Å². The van der Waals surface area contributed by atoms with Crippen LogP contribution >= 0.6 is 0 Å². The highest BCUT2D eigenvalue weighted by Crippen LogP contribution is 2.42. The molecule has 0 aromatic rings. The zero-order chi connectivity index (χ0) is 9.54. The number of rotatable bonds is 1. The lowest BCUT2D eigenvalue weighted by atomic mass is 10.0. The van der Waals surface area contributed by atoms with Crippen LogP contribution in [0.2, 0.25) is 0 Å². The van der Waals surface area contributed by atoms with Crippen LogP contribution in [0.15, 0.2) is 11.8 Å². The van der Waals surface area contributed by atoms with Gasteiger partial charge in [-0.05, 0) is 6.42 Å². The van der Waals surface area contributed by atoms with Gasteiger partial charge in [0.1, 0.15) is 5.78 Å². The van der Waals surface area contributed by atoms with Gasteiger partial charge in [-0.15, -0.1) is 0 Å². The van der Waals surface area contributed by atoms with Crippen molar-refractivity contribution < 1.29 is 9.53 Å². The first-order chi connectivity index (χ1) is 6.84. The summed E-state index contributed by atoms with van der Waals surface area (Å²) in [4.78, 5) is 13.8. The van der Waals surface area contributed by atoms with Gasteiger partial charge < -0.3 is 9.64 Å². The highest BCUT2D eigenvalue weighted by atomic mass is 16.5. The Labute approximate surface area is 83.7 Å². The Hall–Kier alpha value is -0.830. The molecule has 3 rings (SSSR count). The van der Waals surface area contributed by atoms with Crippen LogP contribution in [0, 0.1) is 11.8 Å². The van der Waals surface area contributed by atoms with Crippen LogP contribution < -0.4 is 0 Å². The molecule has 2 fully saturated rings. The van der Waals surface area contributed by atoms with Crippen molar-refractivity contribution in [2.75, 3.05) is 26.3 Å². The number of ether oxygens (including phenoxy) is 1. The summed E-state index contributed by atoms with van der Waals surface area (Å²) in [6, 6.07) is 0. The molecule has 0 N–H and O–H groups in total. The number of carbonyl (C=O) groups excluding carboxylic acids is 1. The second kappa shape index (κ2) is 3.09. The second-order valence-electron chi connectivity index (χ2n) is 4.40. The SMILES string of the molecule is O=C1CC2CC1C=C2N1CCOCC1. The summed E-state index contributed by atoms with van der Waals surface area (Å²) in [6.07, 6.45) is 4.06. The first-order valence-corrected chi connectivity index (χ1v) is 5.42. The van der Waals surface area contributed by atoms with Gasteiger partial charge in [-0.2, -0.15) is 0 Å². The molecule has 2 bridgehead atoms. The van der Waals surface area contributed by atoms with E-state index in [2.05, 4.69) is 11.0 Å². The van der Waals surface area contributed by atoms with Crippen molar-refractivity contribution in [2.24, 2.45) is 11.8 Å². The summed E-state index contributed by atoms with van der Waals surface area (Å²) in [5, 5.41) is 0. The Kier molecular flexibility index (Phi) is 1.87. The zero-order valence-electron chi connectivity index (χ0n) is 8.24. The second-order valence-corrected chi connectivity index (χ2v) is 4.40. The average molecular weight is 193 g/mol. The Morgan fingerprint density at radius 3 is 2.71 bits per heavy atom. The highest BCUT2D eigenvalue weighted by molar-refractivity contribution is 5.87. The predicted octanol–water partition coefficient (Wildman–Crippen LogP) is 0.811. The van der Waals surface area contributed by atoms with E-state index in [1.54, 1.807) is 0 Å². The minimum absolute atomic E-state index is 0.248. The van der Waals surface area contributed by atoms with E-state index in [0.717, 1.165) is 39.1 Å². The average Bonchev–Trinajstić information content (AvgIpc) is 2.77. The molecular weight excluding hydrogens is 178 g/mol. The number of hydrogen-bond donors (Lipinski definition) is 0. The van der Waals surface area contributed by atoms with E-state index in [-0.39, 0.29) is 5.92 Å². The van der Waals surface area contributed by atoms with E-state index in [0.29, 0.717) is 11.7 Å². The smallest absolute Gasteiger partial charge is 0.140 e. The maximum Gasteiger partial charge on any atom is 0.140 e. The number of morpholine rings is 1. The monoisotopic (exact) mass is 193 g/mol. The van der Waals surface area contributed by atoms with Crippen LogP contribution in [0.1, 0.15) is 12.8 Å². The Balaban J connectivity index is 1.77. The molecule has 0 spiro atoms. The van der Waals surface area contributed by atoms with Crippen molar-refractivity contribution in [2.45, 2.75) is 12.8 Å². The van der Waals surface area contributed by atoms with E-state index >= 15 is 0 Å². The maximum atomic E-state index is 11.4. The molecule has 2 unspecified atom stereocenters. The maximum absolute atomic E-state index is 11.4. The number of fused-ring (bicyclic) bond motifs is 2. The lowest BCUT2D eigenvalue weighted by Crippen LogP contribution is -2.37. The molecular formula is C11H15NO2. The minimum atomic E-state index is 0.248. The van der Waals surface area contributed by atoms with Crippen molar-refractivity contribution in [1.82, 2.24) is 4.90 Å². The van der Waals surface area contributed by atoms with E-state index in [9.17, 15) is 4.79 Å². The third-order valence-corrected chi connectivity index (χ3v) is 3.57. The van der Waals surface area contributed by atoms with Crippen molar-refractivity contribution in [3.8, 4) is 0 Å². The minimum Gasteiger partial charge on any atom is -0.378 e. The summed E-state index contributed by atoms with van der Waals surface area (Å²) in [6.45, 7) is 3.68. The van der Waals surface area contributed by atoms with Gasteiger partial charge in [0.25, 0.3) is 0 Å². The van der Waals surface area contributed by atoms with Crippen LogP contribution in [0.5, 0.6) is 0 Å². The molecule has 1 saturated carbocycles. The molecule has 3 nitrogen and oxygen atoms in total. The molecule has 0 aromatic carbocycles. The Bertz CT molecular complexity index is 292. The molecule has 0 radical (unpaired) electrons. The van der Waals surface area contributed by atoms with E-state index in [4.69, 9.17) is 4.74 Å². The van der Waals surface area contributed by atoms with Crippen LogP contribution in [0.4, 0.5) is 0 Å². The van der Waals surface area contributed by atoms with E-state index < -0.39 is 0 Å². The van der Waals surface area contributed by atoms with Crippen molar-refractivity contribution in [3.63, 3.8) is 0 Å². The van der Waals surface area contributed by atoms with Crippen LogP contribution in [-0.2, 0) is 9.53 Å². The van der Waals surface area contributed by atoms with Gasteiger partial charge in [-0.25, -0.2) is 0 Å². The van der Waals surface area contributed by atoms with Gasteiger partial charge in [0, 0.05) is 37.0 Å². The van der Waals surface area contributed by atoms with Gasteiger partial charge in [-0.3, -0.25) is 4.79 Å². The van der Waals surface area contributed by atoms with Crippen molar-refractivity contribution in [1.29, 1.82) is 0 Å². The third-order valence-electron chi connectivity index (χ3n) is 3.57. The molecule has 1 heterocycles. The molecule has 3 heteroatoms. The quantitative estimate of drug-likeness (QED) is 0.617. The molecule has 76 valence electrons. The van der Waals surface area contributed by atoms with Crippen LogP contribution in [0.25, 0.3) is 0 Å². The summed E-state index contributed by atoms with van der Waals surface area (Å²) >= 11 is 0. The topological polar surface area (TPSA) is 29.5 Å². The Morgan fingerprint density at radius 1 is 1.36 bits per heavy atom. The molecule has 0 aromatic heterocycles. The third kappa shape index (κ3) is 1.19. The number of Topliss-reactive ketones (excluding diaryl/α,β-unsaturated/α-hetero) is 1. The van der Waals surface area contributed by atoms with Gasteiger partial charge in [0.2, 0.25) is 0 Å². The summed E-state index contributed by atoms with van der Waals surface area (Å²) in [7, 11) is 0. The Morgan fingerprint density at radius 2 is 2.14 bits per heavy atom. The number of nitrogens with zero attached hydrogens (tertiary/aromatic N) is 1. The van der Waals surface area contributed by atoms with E-state index in [1.807, 2.05) is 0 Å². The number of carbonyl (C=O) groups is 1. The lowest BCUT2D eigenvalue weighted by molar-refractivity contribution is -0.119. The number of allylic oxidation sites excluding steroid dienone is 2. The van der Waals surface area contributed by atoms with Gasteiger partial charge in [0.05, 0.1) is 13.2 Å². The largest absolute Gasteiger partial charge is 0.378 e. The van der Waals surface area contributed by atoms with Crippen molar-refractivity contribution >= 4 is 5.78 Å². The first kappa shape index (κ1) is 8.48. The normalized spacial score (nSPS) is 36.4. The lowest BCUT2D eigenvalue weighted by Gasteiger charge is -2.33. The highest BCUT2D eigenvalue weighted by Gasteiger charge is 2.41. The fourth-order valence-corrected chi connectivity index (χ4v) is 2.83. The van der Waals surface area contributed by atoms with Crippen molar-refractivity contribution in [3.05, 3.63) is 11.8 Å². The summed E-state index contributed by atoms with van der Waals surface area (Å²) in [5.74, 6) is 1.23. The first-order valence-electron chi connectivity index (χ1n) is 5.42. The molecule has 3 aliphatic rings. The van der Waals surface area contributed by atoms with Crippen LogP contribution in [-0.4, -0.2) is 37.0 Å². The standard InChI is InChI=1S/C11H15NO2/c13-11-7-8-5-9(11)6-10(8)12-1-3-14-4-2-12/h6,8-9H,1-5,7H2. The summed E-state index contributed by atoms with van der Waals surface area (Å²) < 4.78 is 5.32. The number of ketones is 1. The van der Waals surface area contributed by atoms with Crippen LogP contribution in [0.3, 0.4) is 0 Å². The summed E-state index contributed by atoms with van der Waals surface area (Å²) in [5.41, 5.74) is 1.43. The molecule has 1 aliphatic heterocycles. The zero-order valence-corrected chi connectivity index (χ0v) is 8.24. The molecule has 14 heavy (non-hydrogen) atoms. The molecule has 0 amide bonds. The molecule has 2 aliphatic carbocycles. The number of hydrogen-bond acceptors (Lipinski definition) is 3. The fourth-order valence-electron chi connectivity index (χ4n) is 2.83. The van der Waals surface area contributed by atoms with Gasteiger partial charge >= 0.3 is 0 Å². The molecule has 2 atom stereocenters.